The summed E-state index contributed by atoms with van der Waals surface area (Å²) in [6.45, 7) is 0.381. The van der Waals surface area contributed by atoms with Crippen LogP contribution >= 0.6 is 0 Å². The molecule has 3 heterocycles. The van der Waals surface area contributed by atoms with Gasteiger partial charge in [0.1, 0.15) is 11.4 Å². The van der Waals surface area contributed by atoms with Crippen molar-refractivity contribution in [2.75, 3.05) is 11.9 Å². The molecule has 8 nitrogen and oxygen atoms in total. The van der Waals surface area contributed by atoms with Crippen LogP contribution in [-0.2, 0) is 18.9 Å². The van der Waals surface area contributed by atoms with Crippen LogP contribution in [0.3, 0.4) is 0 Å². The lowest BCUT2D eigenvalue weighted by Gasteiger charge is -2.33. The molecule has 212 valence electrons. The van der Waals surface area contributed by atoms with Crippen LogP contribution in [0.2, 0.25) is 0 Å². The van der Waals surface area contributed by atoms with Crippen molar-refractivity contribution < 1.29 is 35.5 Å². The van der Waals surface area contributed by atoms with Crippen LogP contribution in [0.5, 0.6) is 0 Å². The average molecular weight is 570 g/mol. The number of amides is 1. The Bertz CT molecular complexity index is 1490. The second-order valence-electron chi connectivity index (χ2n) is 9.83. The number of nitrogens with zero attached hydrogens (tertiary/aromatic N) is 4. The van der Waals surface area contributed by atoms with E-state index in [4.69, 9.17) is 0 Å². The SMILES string of the molecule is O=C1c2cc(F)c(-c3ncc(C(F)(F)F)cn3)cc2CN1C[C@@H]1CCCC(Nc2cn[nH]c(=O)c2C(F)(F)F)C1. The van der Waals surface area contributed by atoms with Crippen molar-refractivity contribution >= 4 is 11.6 Å². The maximum Gasteiger partial charge on any atom is 0.423 e. The quantitative estimate of drug-likeness (QED) is 0.417. The van der Waals surface area contributed by atoms with Gasteiger partial charge in [0, 0.05) is 37.1 Å². The maximum atomic E-state index is 14.8. The van der Waals surface area contributed by atoms with Crippen molar-refractivity contribution in [3.63, 3.8) is 0 Å². The van der Waals surface area contributed by atoms with E-state index in [0.717, 1.165) is 12.3 Å². The first kappa shape index (κ1) is 27.5. The van der Waals surface area contributed by atoms with Crippen molar-refractivity contribution in [2.24, 2.45) is 5.92 Å². The van der Waals surface area contributed by atoms with Gasteiger partial charge < -0.3 is 10.2 Å². The maximum absolute atomic E-state index is 14.8. The smallest absolute Gasteiger partial charge is 0.380 e. The van der Waals surface area contributed by atoms with Gasteiger partial charge in [-0.2, -0.15) is 31.4 Å². The topological polar surface area (TPSA) is 104 Å². The Balaban J connectivity index is 1.28. The van der Waals surface area contributed by atoms with E-state index in [9.17, 15) is 40.3 Å². The molecule has 1 amide bonds. The largest absolute Gasteiger partial charge is 0.423 e. The monoisotopic (exact) mass is 570 g/mol. The number of alkyl halides is 6. The zero-order chi connectivity index (χ0) is 28.8. The first-order valence-corrected chi connectivity index (χ1v) is 12.2. The first-order chi connectivity index (χ1) is 18.8. The van der Waals surface area contributed by atoms with Gasteiger partial charge in [0.05, 0.1) is 23.0 Å². The second-order valence-corrected chi connectivity index (χ2v) is 9.83. The average Bonchev–Trinajstić information content (AvgIpc) is 3.16. The number of carbonyl (C=O) groups is 1. The Hall–Kier alpha value is -4.04. The number of carbonyl (C=O) groups excluding carboxylic acids is 1. The molecule has 1 aromatic carbocycles. The van der Waals surface area contributed by atoms with Crippen molar-refractivity contribution in [3.05, 3.63) is 69.1 Å². The molecule has 1 aliphatic carbocycles. The Morgan fingerprint density at radius 2 is 1.70 bits per heavy atom. The van der Waals surface area contributed by atoms with E-state index in [2.05, 4.69) is 20.4 Å². The Kier molecular flexibility index (Phi) is 7.00. The summed E-state index contributed by atoms with van der Waals surface area (Å²) in [6.07, 6.45) is -5.15. The Morgan fingerprint density at radius 1 is 0.975 bits per heavy atom. The van der Waals surface area contributed by atoms with E-state index in [1.165, 1.54) is 11.0 Å². The molecule has 2 N–H and O–H groups in total. The molecule has 2 aliphatic rings. The molecular formula is C25H21F7N6O2. The number of halogens is 7. The molecule has 2 atom stereocenters. The lowest BCUT2D eigenvalue weighted by Crippen LogP contribution is -2.36. The minimum atomic E-state index is -4.87. The van der Waals surface area contributed by atoms with Gasteiger partial charge in [-0.15, -0.1) is 0 Å². The lowest BCUT2D eigenvalue weighted by molar-refractivity contribution is -0.139. The van der Waals surface area contributed by atoms with Crippen LogP contribution in [0, 0.1) is 11.7 Å². The number of hydrogen-bond acceptors (Lipinski definition) is 6. The van der Waals surface area contributed by atoms with E-state index >= 15 is 0 Å². The summed E-state index contributed by atoms with van der Waals surface area (Å²) in [5.41, 5.74) is -3.77. The van der Waals surface area contributed by atoms with Crippen molar-refractivity contribution in [1.82, 2.24) is 25.1 Å². The summed E-state index contributed by atoms with van der Waals surface area (Å²) >= 11 is 0. The highest BCUT2D eigenvalue weighted by atomic mass is 19.4. The van der Waals surface area contributed by atoms with Crippen molar-refractivity contribution in [3.8, 4) is 11.4 Å². The third-order valence-corrected chi connectivity index (χ3v) is 7.05. The highest BCUT2D eigenvalue weighted by Gasteiger charge is 2.39. The van der Waals surface area contributed by atoms with Gasteiger partial charge in [0.2, 0.25) is 0 Å². The number of hydrogen-bond donors (Lipinski definition) is 2. The molecule has 1 unspecified atom stereocenters. The molecule has 2 aromatic heterocycles. The molecule has 0 saturated heterocycles. The van der Waals surface area contributed by atoms with Crippen LogP contribution in [0.25, 0.3) is 11.4 Å². The van der Waals surface area contributed by atoms with Gasteiger partial charge in [0.15, 0.2) is 5.82 Å². The molecule has 3 aromatic rings. The van der Waals surface area contributed by atoms with Crippen LogP contribution < -0.4 is 10.9 Å². The van der Waals surface area contributed by atoms with E-state index in [1.54, 1.807) is 5.10 Å². The van der Waals surface area contributed by atoms with E-state index in [1.807, 2.05) is 0 Å². The van der Waals surface area contributed by atoms with Gasteiger partial charge in [-0.25, -0.2) is 19.5 Å². The van der Waals surface area contributed by atoms with Crippen LogP contribution in [0.15, 0.2) is 35.5 Å². The molecule has 5 rings (SSSR count). The number of fused-ring (bicyclic) bond motifs is 1. The third-order valence-electron chi connectivity index (χ3n) is 7.05. The summed E-state index contributed by atoms with van der Waals surface area (Å²) in [4.78, 5) is 33.5. The van der Waals surface area contributed by atoms with Gasteiger partial charge in [0.25, 0.3) is 11.5 Å². The lowest BCUT2D eigenvalue weighted by atomic mass is 9.85. The first-order valence-electron chi connectivity index (χ1n) is 12.2. The number of anilines is 1. The number of benzene rings is 1. The minimum absolute atomic E-state index is 0.0867. The van der Waals surface area contributed by atoms with Crippen LogP contribution in [0.4, 0.5) is 36.4 Å². The molecule has 0 spiro atoms. The summed E-state index contributed by atoms with van der Waals surface area (Å²) in [6, 6.07) is 1.96. The predicted molar refractivity (Wildman–Crippen MR) is 126 cm³/mol. The summed E-state index contributed by atoms with van der Waals surface area (Å²) < 4.78 is 93.5. The molecule has 40 heavy (non-hydrogen) atoms. The number of aromatic nitrogens is 4. The van der Waals surface area contributed by atoms with Crippen molar-refractivity contribution in [2.45, 2.75) is 50.6 Å². The zero-order valence-corrected chi connectivity index (χ0v) is 20.5. The fourth-order valence-electron chi connectivity index (χ4n) is 5.24. The summed E-state index contributed by atoms with van der Waals surface area (Å²) in [5, 5.41) is 8.05. The Labute approximate surface area is 221 Å². The van der Waals surface area contributed by atoms with E-state index < -0.39 is 52.5 Å². The number of nitrogens with one attached hydrogen (secondary N) is 2. The predicted octanol–water partition coefficient (Wildman–Crippen LogP) is 5.03. The zero-order valence-electron chi connectivity index (χ0n) is 20.5. The van der Waals surface area contributed by atoms with Gasteiger partial charge in [-0.3, -0.25) is 9.59 Å². The van der Waals surface area contributed by atoms with Crippen LogP contribution in [0.1, 0.15) is 52.7 Å². The van der Waals surface area contributed by atoms with Crippen LogP contribution in [-0.4, -0.2) is 43.6 Å². The fourth-order valence-corrected chi connectivity index (χ4v) is 5.24. The molecular weight excluding hydrogens is 549 g/mol. The molecule has 15 heteroatoms. The highest BCUT2D eigenvalue weighted by molar-refractivity contribution is 5.99. The van der Waals surface area contributed by atoms with E-state index in [0.29, 0.717) is 43.6 Å². The molecule has 0 radical (unpaired) electrons. The molecule has 0 bridgehead atoms. The third kappa shape index (κ3) is 5.49. The van der Waals surface area contributed by atoms with Gasteiger partial charge >= 0.3 is 12.4 Å². The summed E-state index contributed by atoms with van der Waals surface area (Å²) in [7, 11) is 0. The number of aromatic amines is 1. The number of rotatable bonds is 5. The standard InChI is InChI=1S/C25H21F7N6O2/c26-18-6-16-13(5-17(18)21-33-7-14(8-34-21)24(27,28)29)11-38(23(16)40)10-12-2-1-3-15(4-12)36-19-9-35-37-22(39)20(19)25(30,31)32/h5-9,12,15H,1-4,10-11H2,(H2,36,37,39)/t12-,15?/m1/s1. The minimum Gasteiger partial charge on any atom is -0.380 e. The summed E-state index contributed by atoms with van der Waals surface area (Å²) in [5.74, 6) is -1.63. The number of H-pyrrole nitrogens is 1. The van der Waals surface area contributed by atoms with Crippen molar-refractivity contribution in [1.29, 1.82) is 0 Å². The van der Waals surface area contributed by atoms with Gasteiger partial charge in [-0.1, -0.05) is 6.42 Å². The normalized spacial score (nSPS) is 19.6. The fraction of sp³-hybridized carbons (Fsp3) is 0.400. The highest BCUT2D eigenvalue weighted by Crippen LogP contribution is 2.36. The molecule has 1 aliphatic heterocycles. The van der Waals surface area contributed by atoms with E-state index in [-0.39, 0.29) is 36.0 Å². The molecule has 1 fully saturated rings. The second kappa shape index (κ2) is 10.2. The van der Waals surface area contributed by atoms with Gasteiger partial charge in [-0.05, 0) is 42.9 Å². The molecule has 1 saturated carbocycles. The Morgan fingerprint density at radius 3 is 2.38 bits per heavy atom.